The second-order valence-electron chi connectivity index (χ2n) is 6.37. The Morgan fingerprint density at radius 1 is 1.06 bits per heavy atom. The molecule has 0 bridgehead atoms. The molecule has 0 saturated heterocycles. The predicted octanol–water partition coefficient (Wildman–Crippen LogP) is 2.81. The maximum atomic E-state index is 12.6. The summed E-state index contributed by atoms with van der Waals surface area (Å²) in [6.07, 6.45) is 0. The van der Waals surface area contributed by atoms with Crippen LogP contribution in [0.2, 0.25) is 5.02 Å². The Hall–Kier alpha value is -3.21. The average Bonchev–Trinajstić information content (AvgIpc) is 3.20. The van der Waals surface area contributed by atoms with Crippen molar-refractivity contribution in [2.75, 3.05) is 20.3 Å². The zero-order valence-electron chi connectivity index (χ0n) is 16.4. The Morgan fingerprint density at radius 3 is 2.65 bits per heavy atom. The molecule has 0 saturated carbocycles. The maximum absolute atomic E-state index is 12.6. The number of benzene rings is 2. The summed E-state index contributed by atoms with van der Waals surface area (Å²) in [7, 11) is -2.44. The molecule has 4 aromatic rings. The number of hydrogen-bond acceptors (Lipinski definition) is 7. The van der Waals surface area contributed by atoms with Crippen LogP contribution >= 0.6 is 11.6 Å². The minimum atomic E-state index is -3.83. The van der Waals surface area contributed by atoms with Gasteiger partial charge in [0.1, 0.15) is 17.3 Å². The number of fused-ring (bicyclic) bond motifs is 1. The lowest BCUT2D eigenvalue weighted by Gasteiger charge is -2.11. The Bertz CT molecular complexity index is 1310. The molecular weight excluding hydrogens is 442 g/mol. The molecule has 9 nitrogen and oxygen atoms in total. The first-order valence-corrected chi connectivity index (χ1v) is 11.1. The van der Waals surface area contributed by atoms with E-state index in [9.17, 15) is 8.42 Å². The number of rotatable bonds is 8. The van der Waals surface area contributed by atoms with Crippen molar-refractivity contribution in [3.63, 3.8) is 0 Å². The van der Waals surface area contributed by atoms with Gasteiger partial charge in [0.2, 0.25) is 15.9 Å². The number of nitrogens with one attached hydrogen (secondary N) is 1. The summed E-state index contributed by atoms with van der Waals surface area (Å²) in [5.41, 5.74) is 1.43. The highest BCUT2D eigenvalue weighted by Crippen LogP contribution is 2.26. The Balaban J connectivity index is 1.44. The van der Waals surface area contributed by atoms with Gasteiger partial charge in [-0.05, 0) is 24.3 Å². The number of nitrogens with zero attached hydrogens (tertiary/aromatic N) is 4. The van der Waals surface area contributed by atoms with E-state index < -0.39 is 10.0 Å². The summed E-state index contributed by atoms with van der Waals surface area (Å²) in [5, 5.41) is 13.0. The van der Waals surface area contributed by atoms with Gasteiger partial charge in [-0.3, -0.25) is 0 Å². The topological polar surface area (TPSA) is 108 Å². The molecule has 4 rings (SSSR count). The molecule has 0 fully saturated rings. The molecule has 2 heterocycles. The van der Waals surface area contributed by atoms with Crippen LogP contribution in [0.25, 0.3) is 17.0 Å². The number of hydrogen-bond donors (Lipinski definition) is 1. The van der Waals surface area contributed by atoms with E-state index in [1.165, 1.54) is 19.2 Å². The highest BCUT2D eigenvalue weighted by molar-refractivity contribution is 7.89. The molecule has 0 unspecified atom stereocenters. The second-order valence-corrected chi connectivity index (χ2v) is 8.54. The van der Waals surface area contributed by atoms with E-state index >= 15 is 0 Å². The zero-order chi connectivity index (χ0) is 21.8. The minimum Gasteiger partial charge on any atom is -0.495 e. The van der Waals surface area contributed by atoms with E-state index in [1.54, 1.807) is 22.7 Å². The molecule has 2 aromatic heterocycles. The SMILES string of the molecule is COc1ccc(Cl)cc1S(=O)(=O)NCCOc1ccc2nnc(-c3ccccc3)n2n1. The molecule has 0 aliphatic carbocycles. The molecule has 31 heavy (non-hydrogen) atoms. The lowest BCUT2D eigenvalue weighted by atomic mass is 10.2. The van der Waals surface area contributed by atoms with Gasteiger partial charge in [-0.15, -0.1) is 15.3 Å². The van der Waals surface area contributed by atoms with Crippen LogP contribution in [-0.2, 0) is 10.0 Å². The fourth-order valence-electron chi connectivity index (χ4n) is 2.89. The monoisotopic (exact) mass is 459 g/mol. The van der Waals surface area contributed by atoms with Crippen molar-refractivity contribution in [1.82, 2.24) is 24.5 Å². The minimum absolute atomic E-state index is 0.0193. The Kier molecular flexibility index (Phi) is 6.03. The first-order chi connectivity index (χ1) is 15.0. The molecule has 0 spiro atoms. The summed E-state index contributed by atoms with van der Waals surface area (Å²) >= 11 is 5.92. The van der Waals surface area contributed by atoms with Gasteiger partial charge in [0.25, 0.3) is 0 Å². The number of sulfonamides is 1. The van der Waals surface area contributed by atoms with Gasteiger partial charge in [0.15, 0.2) is 11.5 Å². The third-order valence-electron chi connectivity index (χ3n) is 4.33. The quantitative estimate of drug-likeness (QED) is 0.403. The van der Waals surface area contributed by atoms with Crippen LogP contribution in [-0.4, -0.2) is 48.5 Å². The largest absolute Gasteiger partial charge is 0.495 e. The van der Waals surface area contributed by atoms with Gasteiger partial charge in [0.05, 0.1) is 7.11 Å². The van der Waals surface area contributed by atoms with Crippen molar-refractivity contribution in [3.05, 3.63) is 65.7 Å². The zero-order valence-corrected chi connectivity index (χ0v) is 18.0. The van der Waals surface area contributed by atoms with Gasteiger partial charge < -0.3 is 9.47 Å². The van der Waals surface area contributed by atoms with Crippen LogP contribution in [0.3, 0.4) is 0 Å². The summed E-state index contributed by atoms with van der Waals surface area (Å²) in [6, 6.07) is 17.3. The molecule has 1 N–H and O–H groups in total. The Morgan fingerprint density at radius 2 is 1.87 bits per heavy atom. The average molecular weight is 460 g/mol. The van der Waals surface area contributed by atoms with Crippen LogP contribution in [0.1, 0.15) is 0 Å². The lowest BCUT2D eigenvalue weighted by Crippen LogP contribution is -2.28. The van der Waals surface area contributed by atoms with E-state index in [2.05, 4.69) is 20.0 Å². The maximum Gasteiger partial charge on any atom is 0.244 e. The van der Waals surface area contributed by atoms with Crippen molar-refractivity contribution in [3.8, 4) is 23.0 Å². The second kappa shape index (κ2) is 8.88. The van der Waals surface area contributed by atoms with E-state index in [-0.39, 0.29) is 28.8 Å². The first-order valence-electron chi connectivity index (χ1n) is 9.22. The normalized spacial score (nSPS) is 11.5. The van der Waals surface area contributed by atoms with Crippen LogP contribution in [0.15, 0.2) is 65.6 Å². The molecule has 0 amide bonds. The number of aromatic nitrogens is 4. The fraction of sp³-hybridized carbons (Fsp3) is 0.150. The molecule has 11 heteroatoms. The number of ether oxygens (including phenoxy) is 2. The molecule has 0 radical (unpaired) electrons. The van der Waals surface area contributed by atoms with E-state index in [1.807, 2.05) is 30.3 Å². The molecular formula is C20H18ClN5O4S. The van der Waals surface area contributed by atoms with Gasteiger partial charge in [0, 0.05) is 23.2 Å². The van der Waals surface area contributed by atoms with E-state index in [0.717, 1.165) is 5.56 Å². The molecule has 0 aliphatic rings. The Labute approximate surface area is 183 Å². The standard InChI is InChI=1S/C20H18ClN5O4S/c1-29-16-8-7-15(21)13-17(16)31(27,28)22-11-12-30-19-10-9-18-23-24-20(26(18)25-19)14-5-3-2-4-6-14/h2-10,13,22H,11-12H2,1H3. The van der Waals surface area contributed by atoms with Gasteiger partial charge in [-0.1, -0.05) is 41.9 Å². The van der Waals surface area contributed by atoms with Gasteiger partial charge in [-0.25, -0.2) is 13.1 Å². The molecule has 2 aromatic carbocycles. The number of halogens is 1. The summed E-state index contributed by atoms with van der Waals surface area (Å²) in [6.45, 7) is 0.0782. The van der Waals surface area contributed by atoms with Crippen LogP contribution in [0.4, 0.5) is 0 Å². The van der Waals surface area contributed by atoms with E-state index in [4.69, 9.17) is 21.1 Å². The van der Waals surface area contributed by atoms with Crippen LogP contribution in [0.5, 0.6) is 11.6 Å². The summed E-state index contributed by atoms with van der Waals surface area (Å²) in [4.78, 5) is -0.0426. The molecule has 0 atom stereocenters. The van der Waals surface area contributed by atoms with Crippen molar-refractivity contribution in [2.45, 2.75) is 4.90 Å². The van der Waals surface area contributed by atoms with Gasteiger partial charge >= 0.3 is 0 Å². The van der Waals surface area contributed by atoms with Crippen molar-refractivity contribution >= 4 is 27.3 Å². The summed E-state index contributed by atoms with van der Waals surface area (Å²) < 4.78 is 39.9. The molecule has 160 valence electrons. The third-order valence-corrected chi connectivity index (χ3v) is 6.05. The predicted molar refractivity (Wildman–Crippen MR) is 115 cm³/mol. The van der Waals surface area contributed by atoms with Crippen molar-refractivity contribution in [1.29, 1.82) is 0 Å². The van der Waals surface area contributed by atoms with Gasteiger partial charge in [-0.2, -0.15) is 4.52 Å². The third kappa shape index (κ3) is 4.61. The first kappa shape index (κ1) is 21.0. The van der Waals surface area contributed by atoms with E-state index in [0.29, 0.717) is 17.4 Å². The molecule has 0 aliphatic heterocycles. The highest BCUT2D eigenvalue weighted by Gasteiger charge is 2.19. The van der Waals surface area contributed by atoms with Crippen LogP contribution < -0.4 is 14.2 Å². The smallest absolute Gasteiger partial charge is 0.244 e. The fourth-order valence-corrected chi connectivity index (χ4v) is 4.33. The van der Waals surface area contributed by atoms with Crippen molar-refractivity contribution in [2.24, 2.45) is 0 Å². The summed E-state index contributed by atoms with van der Waals surface area (Å²) in [5.74, 6) is 1.09. The highest BCUT2D eigenvalue weighted by atomic mass is 35.5. The van der Waals surface area contributed by atoms with Crippen molar-refractivity contribution < 1.29 is 17.9 Å². The van der Waals surface area contributed by atoms with Crippen LogP contribution in [0, 0.1) is 0 Å². The number of methoxy groups -OCH3 is 1. The lowest BCUT2D eigenvalue weighted by molar-refractivity contribution is 0.305.